The van der Waals surface area contributed by atoms with Crippen molar-refractivity contribution in [1.82, 2.24) is 4.98 Å². The van der Waals surface area contributed by atoms with Gasteiger partial charge >= 0.3 is 0 Å². The van der Waals surface area contributed by atoms with Crippen LogP contribution in [0.25, 0.3) is 4.85 Å². The highest BCUT2D eigenvalue weighted by molar-refractivity contribution is 7.81. The molecule has 1 aliphatic carbocycles. The Hall–Kier alpha value is -4.23. The van der Waals surface area contributed by atoms with Gasteiger partial charge in [-0.1, -0.05) is 18.7 Å². The molecule has 10 heteroatoms. The highest BCUT2D eigenvalue weighted by Crippen LogP contribution is 2.48. The second-order valence-corrected chi connectivity index (χ2v) is 9.05. The zero-order valence-electron chi connectivity index (χ0n) is 19.1. The van der Waals surface area contributed by atoms with Crippen molar-refractivity contribution in [3.63, 3.8) is 0 Å². The summed E-state index contributed by atoms with van der Waals surface area (Å²) < 4.78 is 29.1. The van der Waals surface area contributed by atoms with Crippen LogP contribution in [0.2, 0.25) is 0 Å². The number of pyridine rings is 1. The van der Waals surface area contributed by atoms with Gasteiger partial charge in [0, 0.05) is 5.69 Å². The van der Waals surface area contributed by atoms with E-state index in [4.69, 9.17) is 18.8 Å². The van der Waals surface area contributed by atoms with Crippen LogP contribution in [-0.4, -0.2) is 27.4 Å². The number of nitrogens with zero attached hydrogens (tertiary/aromatic N) is 4. The second kappa shape index (κ2) is 8.77. The SMILES string of the molecule is [C-]#[N+]c1ncc(N2C(=O)C3(CCC3)N(c3ccc(C(=O)Nc4ccccc4F)c(F)c3)C2=S)cc1C. The van der Waals surface area contributed by atoms with Gasteiger partial charge < -0.3 is 15.1 Å². The number of anilines is 3. The van der Waals surface area contributed by atoms with Gasteiger partial charge in [0.1, 0.15) is 23.4 Å². The minimum Gasteiger partial charge on any atom is -0.360 e. The summed E-state index contributed by atoms with van der Waals surface area (Å²) in [6.45, 7) is 8.92. The second-order valence-electron chi connectivity index (χ2n) is 8.69. The van der Waals surface area contributed by atoms with Crippen molar-refractivity contribution in [2.75, 3.05) is 15.1 Å². The molecule has 1 saturated heterocycles. The standard InChI is InChI=1S/C26H19F2N5O2S/c1-15-12-17(14-30-22(15)29-2)32-24(35)26(10-5-11-26)33(25(32)36)16-8-9-18(20(28)13-16)23(34)31-21-7-4-3-6-19(21)27/h3-4,6-9,12-14H,5,10-11H2,1H3,(H,31,34). The fourth-order valence-electron chi connectivity index (χ4n) is 4.58. The number of aryl methyl sites for hydroxylation is 1. The molecule has 2 heterocycles. The van der Waals surface area contributed by atoms with Gasteiger partial charge in [-0.3, -0.25) is 14.5 Å². The van der Waals surface area contributed by atoms with Crippen LogP contribution in [-0.2, 0) is 4.79 Å². The van der Waals surface area contributed by atoms with E-state index in [0.29, 0.717) is 29.8 Å². The van der Waals surface area contributed by atoms with Gasteiger partial charge in [0.15, 0.2) is 5.11 Å². The Bertz CT molecular complexity index is 1480. The molecule has 7 nitrogen and oxygen atoms in total. The smallest absolute Gasteiger partial charge is 0.272 e. The zero-order valence-corrected chi connectivity index (χ0v) is 19.9. The number of para-hydroxylation sites is 1. The van der Waals surface area contributed by atoms with Crippen LogP contribution in [0, 0.1) is 25.1 Å². The van der Waals surface area contributed by atoms with Gasteiger partial charge in [0.05, 0.1) is 16.9 Å². The lowest BCUT2D eigenvalue weighted by atomic mass is 9.75. The molecule has 2 aliphatic rings. The molecule has 180 valence electrons. The van der Waals surface area contributed by atoms with Gasteiger partial charge in [-0.05, 0) is 80.4 Å². The number of thiocarbonyl (C=S) groups is 1. The minimum atomic E-state index is -0.952. The molecule has 2 fully saturated rings. The summed E-state index contributed by atoms with van der Waals surface area (Å²) in [5, 5.41) is 2.54. The maximum Gasteiger partial charge on any atom is 0.272 e. The van der Waals surface area contributed by atoms with E-state index in [0.717, 1.165) is 12.5 Å². The third kappa shape index (κ3) is 3.60. The number of hydrogen-bond acceptors (Lipinski definition) is 4. The molecular weight excluding hydrogens is 484 g/mol. The average Bonchev–Trinajstić information content (AvgIpc) is 3.07. The molecule has 1 saturated carbocycles. The minimum absolute atomic E-state index is 0.0607. The van der Waals surface area contributed by atoms with E-state index in [2.05, 4.69) is 15.1 Å². The summed E-state index contributed by atoms with van der Waals surface area (Å²) in [5.74, 6) is -2.27. The number of hydrogen-bond donors (Lipinski definition) is 1. The largest absolute Gasteiger partial charge is 0.360 e. The summed E-state index contributed by atoms with van der Waals surface area (Å²) in [7, 11) is 0. The number of carbonyl (C=O) groups is 2. The fraction of sp³-hybridized carbons (Fsp3) is 0.192. The monoisotopic (exact) mass is 503 g/mol. The van der Waals surface area contributed by atoms with E-state index in [1.54, 1.807) is 24.0 Å². The van der Waals surface area contributed by atoms with Crippen molar-refractivity contribution in [2.24, 2.45) is 0 Å². The number of aromatic nitrogens is 1. The predicted octanol–water partition coefficient (Wildman–Crippen LogP) is 5.53. The van der Waals surface area contributed by atoms with Gasteiger partial charge in [-0.25, -0.2) is 8.78 Å². The molecule has 0 bridgehead atoms. The van der Waals surface area contributed by atoms with Crippen molar-refractivity contribution >= 4 is 52.0 Å². The molecule has 0 atom stereocenters. The van der Waals surface area contributed by atoms with E-state index in [1.807, 2.05) is 0 Å². The first kappa shape index (κ1) is 23.5. The number of benzene rings is 2. The van der Waals surface area contributed by atoms with Gasteiger partial charge in [-0.15, -0.1) is 4.98 Å². The predicted molar refractivity (Wildman–Crippen MR) is 135 cm³/mol. The van der Waals surface area contributed by atoms with Crippen LogP contribution in [0.3, 0.4) is 0 Å². The van der Waals surface area contributed by atoms with E-state index < -0.39 is 23.1 Å². The molecule has 1 N–H and O–H groups in total. The Labute approximate surface area is 211 Å². The Morgan fingerprint density at radius 3 is 2.50 bits per heavy atom. The first-order valence-corrected chi connectivity index (χ1v) is 11.6. The molecule has 2 aromatic carbocycles. The van der Waals surface area contributed by atoms with Crippen molar-refractivity contribution in [3.8, 4) is 0 Å². The molecule has 1 aromatic heterocycles. The molecule has 2 amide bonds. The molecular formula is C26H19F2N5O2S. The average molecular weight is 504 g/mol. The van der Waals surface area contributed by atoms with Crippen LogP contribution >= 0.6 is 12.2 Å². The van der Waals surface area contributed by atoms with Gasteiger partial charge in [0.25, 0.3) is 17.6 Å². The third-order valence-corrected chi connectivity index (χ3v) is 6.94. The van der Waals surface area contributed by atoms with Crippen LogP contribution in [0.1, 0.15) is 35.2 Å². The molecule has 36 heavy (non-hydrogen) atoms. The highest BCUT2D eigenvalue weighted by atomic mass is 32.1. The summed E-state index contributed by atoms with van der Waals surface area (Å²) in [5.41, 5.74) is 0.0906. The lowest BCUT2D eigenvalue weighted by Gasteiger charge is -2.43. The first-order chi connectivity index (χ1) is 17.3. The van der Waals surface area contributed by atoms with E-state index >= 15 is 4.39 Å². The van der Waals surface area contributed by atoms with Gasteiger partial charge in [-0.2, -0.15) is 0 Å². The maximum atomic E-state index is 15.2. The molecule has 5 rings (SSSR count). The summed E-state index contributed by atoms with van der Waals surface area (Å²) in [6.07, 6.45) is 3.30. The maximum absolute atomic E-state index is 15.2. The van der Waals surface area contributed by atoms with Crippen molar-refractivity contribution in [1.29, 1.82) is 0 Å². The third-order valence-electron chi connectivity index (χ3n) is 6.57. The lowest BCUT2D eigenvalue weighted by Crippen LogP contribution is -2.55. The van der Waals surface area contributed by atoms with Crippen molar-refractivity contribution < 1.29 is 18.4 Å². The van der Waals surface area contributed by atoms with Crippen LogP contribution in [0.4, 0.5) is 31.7 Å². The normalized spacial score (nSPS) is 16.2. The molecule has 0 radical (unpaired) electrons. The number of carbonyl (C=O) groups excluding carboxylic acids is 2. The van der Waals surface area contributed by atoms with Crippen molar-refractivity contribution in [2.45, 2.75) is 31.7 Å². The summed E-state index contributed by atoms with van der Waals surface area (Å²) in [6, 6.07) is 11.3. The zero-order chi connectivity index (χ0) is 25.6. The van der Waals surface area contributed by atoms with Crippen molar-refractivity contribution in [3.05, 3.63) is 88.9 Å². The number of amides is 2. The molecule has 1 spiro atoms. The van der Waals surface area contributed by atoms with E-state index in [9.17, 15) is 14.0 Å². The van der Waals surface area contributed by atoms with E-state index in [-0.39, 0.29) is 28.1 Å². The van der Waals surface area contributed by atoms with Crippen LogP contribution in [0.15, 0.2) is 54.7 Å². The Kier molecular flexibility index (Phi) is 5.73. The lowest BCUT2D eigenvalue weighted by molar-refractivity contribution is -0.123. The first-order valence-electron chi connectivity index (χ1n) is 11.1. The Morgan fingerprint density at radius 2 is 1.89 bits per heavy atom. The topological polar surface area (TPSA) is 69.9 Å². The van der Waals surface area contributed by atoms with Crippen LogP contribution < -0.4 is 15.1 Å². The molecule has 0 unspecified atom stereocenters. The Morgan fingerprint density at radius 1 is 1.14 bits per heavy atom. The van der Waals surface area contributed by atoms with Gasteiger partial charge in [0.2, 0.25) is 0 Å². The number of nitrogens with one attached hydrogen (secondary N) is 1. The van der Waals surface area contributed by atoms with E-state index in [1.165, 1.54) is 41.4 Å². The molecule has 1 aliphatic heterocycles. The fourth-order valence-corrected chi connectivity index (χ4v) is 5.05. The van der Waals surface area contributed by atoms with Crippen LogP contribution in [0.5, 0.6) is 0 Å². The highest BCUT2D eigenvalue weighted by Gasteiger charge is 2.59. The Balaban J connectivity index is 1.48. The number of rotatable bonds is 4. The summed E-state index contributed by atoms with van der Waals surface area (Å²) in [4.78, 5) is 36.7. The summed E-state index contributed by atoms with van der Waals surface area (Å²) >= 11 is 5.68. The molecule has 3 aromatic rings. The number of halogens is 2. The quantitative estimate of drug-likeness (QED) is 0.374.